The minimum atomic E-state index is -0.475. The third-order valence-electron chi connectivity index (χ3n) is 5.13. The van der Waals surface area contributed by atoms with Gasteiger partial charge < -0.3 is 15.0 Å². The minimum absolute atomic E-state index is 0.135. The van der Waals surface area contributed by atoms with Gasteiger partial charge in [-0.25, -0.2) is 9.79 Å². The molecule has 1 amide bonds. The van der Waals surface area contributed by atoms with Crippen LogP contribution in [0, 0.1) is 0 Å². The van der Waals surface area contributed by atoms with Crippen LogP contribution in [0.2, 0.25) is 5.02 Å². The molecule has 1 unspecified atom stereocenters. The lowest BCUT2D eigenvalue weighted by molar-refractivity contribution is -0.136. The van der Waals surface area contributed by atoms with Crippen LogP contribution in [0.5, 0.6) is 0 Å². The Balaban J connectivity index is 1.60. The van der Waals surface area contributed by atoms with Crippen LogP contribution in [0.15, 0.2) is 76.0 Å². The van der Waals surface area contributed by atoms with Crippen LogP contribution >= 0.6 is 23.4 Å². The average Bonchev–Trinajstić information content (AvgIpc) is 3.19. The number of rotatable bonds is 6. The SMILES string of the molecule is COC(=O)C1=C(C)N=C2SC=C(CC(=O)NCc3ccccn3)N2C1c1ccc(Cl)cc1. The highest BCUT2D eigenvalue weighted by atomic mass is 35.5. The van der Waals surface area contributed by atoms with E-state index in [-0.39, 0.29) is 12.3 Å². The van der Waals surface area contributed by atoms with Gasteiger partial charge in [0.05, 0.1) is 43.1 Å². The number of aromatic nitrogens is 1. The summed E-state index contributed by atoms with van der Waals surface area (Å²) in [6, 6.07) is 12.4. The number of nitrogens with zero attached hydrogens (tertiary/aromatic N) is 3. The van der Waals surface area contributed by atoms with E-state index in [0.29, 0.717) is 28.0 Å². The summed E-state index contributed by atoms with van der Waals surface area (Å²) in [5.74, 6) is -0.606. The molecule has 7 nitrogen and oxygen atoms in total. The van der Waals surface area contributed by atoms with Gasteiger partial charge in [-0.1, -0.05) is 41.6 Å². The minimum Gasteiger partial charge on any atom is -0.466 e. The molecule has 164 valence electrons. The van der Waals surface area contributed by atoms with Gasteiger partial charge in [-0.15, -0.1) is 0 Å². The number of thioether (sulfide) groups is 1. The third kappa shape index (κ3) is 4.56. The summed E-state index contributed by atoms with van der Waals surface area (Å²) >= 11 is 7.51. The topological polar surface area (TPSA) is 83.9 Å². The number of amidine groups is 1. The van der Waals surface area contributed by atoms with E-state index in [0.717, 1.165) is 17.0 Å². The normalized spacial score (nSPS) is 17.5. The highest BCUT2D eigenvalue weighted by molar-refractivity contribution is 8.16. The van der Waals surface area contributed by atoms with Gasteiger partial charge in [0.25, 0.3) is 0 Å². The van der Waals surface area contributed by atoms with Gasteiger partial charge in [0.1, 0.15) is 0 Å². The Morgan fingerprint density at radius 3 is 2.69 bits per heavy atom. The molecule has 0 saturated carbocycles. The van der Waals surface area contributed by atoms with Crippen LogP contribution in [-0.4, -0.2) is 34.0 Å². The van der Waals surface area contributed by atoms with Crippen LogP contribution in [0.25, 0.3) is 0 Å². The summed E-state index contributed by atoms with van der Waals surface area (Å²) < 4.78 is 5.06. The Labute approximate surface area is 195 Å². The number of ether oxygens (including phenoxy) is 1. The quantitative estimate of drug-likeness (QED) is 0.640. The molecule has 9 heteroatoms. The van der Waals surface area contributed by atoms with E-state index in [1.165, 1.54) is 18.9 Å². The maximum Gasteiger partial charge on any atom is 0.338 e. The highest BCUT2D eigenvalue weighted by Gasteiger charge is 2.40. The first-order valence-corrected chi connectivity index (χ1v) is 11.2. The summed E-state index contributed by atoms with van der Waals surface area (Å²) in [5.41, 5.74) is 3.40. The number of aliphatic imine (C=N–C) groups is 1. The summed E-state index contributed by atoms with van der Waals surface area (Å²) in [4.78, 5) is 36.1. The molecule has 0 radical (unpaired) electrons. The second kappa shape index (κ2) is 9.58. The second-order valence-electron chi connectivity index (χ2n) is 7.21. The fourth-order valence-corrected chi connectivity index (χ4v) is 4.71. The van der Waals surface area contributed by atoms with Gasteiger partial charge in [-0.2, -0.15) is 0 Å². The Bertz CT molecular complexity index is 1130. The van der Waals surface area contributed by atoms with Crippen molar-refractivity contribution < 1.29 is 14.3 Å². The van der Waals surface area contributed by atoms with E-state index < -0.39 is 12.0 Å². The van der Waals surface area contributed by atoms with Crippen molar-refractivity contribution in [3.05, 3.63) is 87.3 Å². The molecule has 1 aromatic carbocycles. The fourth-order valence-electron chi connectivity index (χ4n) is 3.62. The number of benzene rings is 1. The number of halogens is 1. The van der Waals surface area contributed by atoms with Crippen molar-refractivity contribution in [1.29, 1.82) is 0 Å². The summed E-state index contributed by atoms with van der Waals surface area (Å²) in [5, 5.41) is 6.10. The predicted molar refractivity (Wildman–Crippen MR) is 125 cm³/mol. The molecule has 2 aromatic rings. The van der Waals surface area contributed by atoms with Gasteiger partial charge in [0.2, 0.25) is 5.91 Å². The Hall–Kier alpha value is -3.10. The standard InChI is InChI=1S/C23H21ClN4O3S/c1-14-20(22(30)31-2)21(15-6-8-16(24)9-7-15)28-18(13-32-23(28)27-14)11-19(29)26-12-17-5-3-4-10-25-17/h3-10,13,21H,11-12H2,1-2H3,(H,26,29). The first-order valence-electron chi connectivity index (χ1n) is 9.92. The monoisotopic (exact) mass is 468 g/mol. The third-order valence-corrected chi connectivity index (χ3v) is 6.27. The van der Waals surface area contributed by atoms with E-state index in [1.54, 1.807) is 25.3 Å². The van der Waals surface area contributed by atoms with Gasteiger partial charge >= 0.3 is 5.97 Å². The van der Waals surface area contributed by atoms with E-state index in [9.17, 15) is 9.59 Å². The molecule has 1 aromatic heterocycles. The fraction of sp³-hybridized carbons (Fsp3) is 0.217. The largest absolute Gasteiger partial charge is 0.466 e. The Morgan fingerprint density at radius 2 is 2.00 bits per heavy atom. The summed E-state index contributed by atoms with van der Waals surface area (Å²) in [7, 11) is 1.35. The van der Waals surface area contributed by atoms with Gasteiger partial charge in [0.15, 0.2) is 5.17 Å². The lowest BCUT2D eigenvalue weighted by Gasteiger charge is -2.36. The number of methoxy groups -OCH3 is 1. The smallest absolute Gasteiger partial charge is 0.338 e. The zero-order valence-corrected chi connectivity index (χ0v) is 19.1. The van der Waals surface area contributed by atoms with E-state index in [2.05, 4.69) is 15.3 Å². The summed E-state index contributed by atoms with van der Waals surface area (Å²) in [6.07, 6.45) is 1.82. The van der Waals surface area contributed by atoms with Crippen LogP contribution < -0.4 is 5.32 Å². The molecule has 4 rings (SSSR count). The van der Waals surface area contributed by atoms with Gasteiger partial charge in [-0.05, 0) is 42.2 Å². The molecule has 32 heavy (non-hydrogen) atoms. The summed E-state index contributed by atoms with van der Waals surface area (Å²) in [6.45, 7) is 2.13. The van der Waals surface area contributed by atoms with Gasteiger partial charge in [0, 0.05) is 16.9 Å². The maximum absolute atomic E-state index is 12.7. The van der Waals surface area contributed by atoms with E-state index in [4.69, 9.17) is 16.3 Å². The van der Waals surface area contributed by atoms with Crippen molar-refractivity contribution in [2.24, 2.45) is 4.99 Å². The molecule has 0 aliphatic carbocycles. The zero-order chi connectivity index (χ0) is 22.7. The maximum atomic E-state index is 12.7. The molecule has 2 aliphatic heterocycles. The first-order chi connectivity index (χ1) is 15.5. The second-order valence-corrected chi connectivity index (χ2v) is 8.48. The van der Waals surface area contributed by atoms with Crippen LogP contribution in [0.3, 0.4) is 0 Å². The number of pyridine rings is 1. The number of amides is 1. The highest BCUT2D eigenvalue weighted by Crippen LogP contribution is 2.44. The number of fused-ring (bicyclic) bond motifs is 1. The molecule has 3 heterocycles. The zero-order valence-electron chi connectivity index (χ0n) is 17.5. The Kier molecular flexibility index (Phi) is 6.62. The molecule has 0 saturated heterocycles. The molecule has 0 bridgehead atoms. The predicted octanol–water partition coefficient (Wildman–Crippen LogP) is 4.19. The molecule has 1 atom stereocenters. The van der Waals surface area contributed by atoms with E-state index >= 15 is 0 Å². The molecular weight excluding hydrogens is 448 g/mol. The van der Waals surface area contributed by atoms with Crippen LogP contribution in [0.4, 0.5) is 0 Å². The number of carbonyl (C=O) groups is 2. The number of esters is 1. The van der Waals surface area contributed by atoms with Crippen LogP contribution in [-0.2, 0) is 20.9 Å². The number of nitrogens with one attached hydrogen (secondary N) is 1. The molecule has 2 aliphatic rings. The number of hydrogen-bond donors (Lipinski definition) is 1. The number of carbonyl (C=O) groups excluding carboxylic acids is 2. The van der Waals surface area contributed by atoms with Crippen molar-refractivity contribution in [2.45, 2.75) is 25.9 Å². The van der Waals surface area contributed by atoms with Gasteiger partial charge in [-0.3, -0.25) is 9.78 Å². The molecule has 0 spiro atoms. The van der Waals surface area contributed by atoms with Crippen molar-refractivity contribution in [3.63, 3.8) is 0 Å². The first kappa shape index (κ1) is 22.1. The molecule has 1 N–H and O–H groups in total. The molecule has 0 fully saturated rings. The van der Waals surface area contributed by atoms with Crippen LogP contribution in [0.1, 0.15) is 30.6 Å². The van der Waals surface area contributed by atoms with Crippen molar-refractivity contribution in [1.82, 2.24) is 15.2 Å². The number of hydrogen-bond acceptors (Lipinski definition) is 7. The van der Waals surface area contributed by atoms with Crippen molar-refractivity contribution in [3.8, 4) is 0 Å². The average molecular weight is 469 g/mol. The van der Waals surface area contributed by atoms with E-state index in [1.807, 2.05) is 40.6 Å². The Morgan fingerprint density at radius 1 is 1.22 bits per heavy atom. The van der Waals surface area contributed by atoms with Crippen molar-refractivity contribution in [2.75, 3.05) is 7.11 Å². The lowest BCUT2D eigenvalue weighted by Crippen LogP contribution is -2.37. The lowest BCUT2D eigenvalue weighted by atomic mass is 9.94. The molecular formula is C23H21ClN4O3S. The number of allylic oxidation sites excluding steroid dienone is 1. The van der Waals surface area contributed by atoms with Crippen molar-refractivity contribution >= 4 is 40.4 Å².